The number of carbonyl (C=O) groups is 6. The first-order chi connectivity index (χ1) is 23.7. The first-order valence-electron chi connectivity index (χ1n) is 18.3. The van der Waals surface area contributed by atoms with E-state index < -0.39 is 58.2 Å². The minimum absolute atomic E-state index is 0.0161. The first-order valence-corrected chi connectivity index (χ1v) is 18.3. The van der Waals surface area contributed by atoms with Crippen molar-refractivity contribution in [1.82, 2.24) is 36.2 Å². The molecule has 282 valence electrons. The number of urea groups is 2. The zero-order valence-electron chi connectivity index (χ0n) is 31.9. The first kappa shape index (κ1) is 39.6. The minimum Gasteiger partial charge on any atom is -0.333 e. The van der Waals surface area contributed by atoms with Crippen LogP contribution in [0.2, 0.25) is 0 Å². The van der Waals surface area contributed by atoms with E-state index in [2.05, 4.69) is 21.4 Å². The third-order valence-corrected chi connectivity index (χ3v) is 10.1. The second kappa shape index (κ2) is 15.6. The minimum atomic E-state index is -0.997. The maximum absolute atomic E-state index is 14.2. The lowest BCUT2D eigenvalue weighted by molar-refractivity contribution is -0.153. The van der Waals surface area contributed by atoms with Crippen LogP contribution in [0.25, 0.3) is 0 Å². The zero-order chi connectivity index (χ0) is 37.9. The van der Waals surface area contributed by atoms with E-state index in [1.165, 1.54) is 14.8 Å². The average molecular weight is 710 g/mol. The number of rotatable bonds is 10. The highest BCUT2D eigenvalue weighted by atomic mass is 16.2. The van der Waals surface area contributed by atoms with Crippen LogP contribution in [0.3, 0.4) is 0 Å². The predicted molar refractivity (Wildman–Crippen MR) is 194 cm³/mol. The Bertz CT molecular complexity index is 1440. The zero-order valence-corrected chi connectivity index (χ0v) is 31.9. The van der Waals surface area contributed by atoms with Gasteiger partial charge in [0.2, 0.25) is 17.7 Å². The fourth-order valence-electron chi connectivity index (χ4n) is 6.62. The number of amides is 8. The molecule has 1 aromatic carbocycles. The van der Waals surface area contributed by atoms with Gasteiger partial charge < -0.3 is 20.9 Å². The molecule has 13 heteroatoms. The molecule has 3 aliphatic rings. The van der Waals surface area contributed by atoms with Gasteiger partial charge in [-0.25, -0.2) is 14.6 Å². The molecule has 4 atom stereocenters. The molecule has 2 heterocycles. The molecule has 2 saturated heterocycles. The van der Waals surface area contributed by atoms with Crippen molar-refractivity contribution >= 4 is 35.7 Å². The number of hydrogen-bond acceptors (Lipinski definition) is 6. The van der Waals surface area contributed by atoms with Crippen LogP contribution in [0.5, 0.6) is 0 Å². The van der Waals surface area contributed by atoms with E-state index in [9.17, 15) is 28.8 Å². The number of piperidine rings is 1. The maximum Gasteiger partial charge on any atom is 0.336 e. The van der Waals surface area contributed by atoms with Crippen molar-refractivity contribution in [3.8, 4) is 0 Å². The van der Waals surface area contributed by atoms with Gasteiger partial charge in [0.05, 0.1) is 12.1 Å². The van der Waals surface area contributed by atoms with E-state index >= 15 is 0 Å². The van der Waals surface area contributed by atoms with Crippen LogP contribution in [0.4, 0.5) is 9.59 Å². The van der Waals surface area contributed by atoms with Crippen LogP contribution in [0.1, 0.15) is 112 Å². The van der Waals surface area contributed by atoms with Gasteiger partial charge in [0, 0.05) is 32.5 Å². The Morgan fingerprint density at radius 3 is 2.04 bits per heavy atom. The number of imide groups is 1. The molecule has 1 aromatic rings. The lowest BCUT2D eigenvalue weighted by Gasteiger charge is -2.40. The smallest absolute Gasteiger partial charge is 0.333 e. The number of hydrogen-bond donors (Lipinski definition) is 4. The summed E-state index contributed by atoms with van der Waals surface area (Å²) in [7, 11) is 0. The van der Waals surface area contributed by atoms with E-state index in [-0.39, 0.29) is 37.2 Å². The van der Waals surface area contributed by atoms with Crippen LogP contribution < -0.4 is 21.4 Å². The summed E-state index contributed by atoms with van der Waals surface area (Å²) in [6.45, 7) is 17.6. The second-order valence-electron chi connectivity index (χ2n) is 17.6. The predicted octanol–water partition coefficient (Wildman–Crippen LogP) is 4.50. The Labute approximate surface area is 303 Å². The largest absolute Gasteiger partial charge is 0.336 e. The molecule has 8 amide bonds. The van der Waals surface area contributed by atoms with Gasteiger partial charge in [-0.2, -0.15) is 0 Å². The molecule has 0 radical (unpaired) electrons. The van der Waals surface area contributed by atoms with E-state index in [1.807, 2.05) is 92.6 Å². The molecule has 1 aliphatic carbocycles. The standard InChI is InChI=1S/C38H59N7O6/c1-24(26-14-11-10-12-15-26)39-35(51)45(22-25-17-18-25)42-32(48)27-16-13-19-43(27)33(49)31(37(5,6)7)41-34(50)40-28(36(2,3)4)23-44-29(46)20-38(8,9)21-30(44)47/h10-12,14-15,24-25,27-28,31H,13,16-23H2,1-9H3,(H,39,51)(H,42,48)(H2,40,41,50)/t24-,27-,28+,31+/m0/s1. The Kier molecular flexibility index (Phi) is 12.1. The van der Waals surface area contributed by atoms with Gasteiger partial charge in [0.25, 0.3) is 5.91 Å². The summed E-state index contributed by atoms with van der Waals surface area (Å²) >= 11 is 0. The summed E-state index contributed by atoms with van der Waals surface area (Å²) < 4.78 is 0. The highest BCUT2D eigenvalue weighted by Crippen LogP contribution is 2.33. The number of benzene rings is 1. The molecular weight excluding hydrogens is 650 g/mol. The fourth-order valence-corrected chi connectivity index (χ4v) is 6.62. The lowest BCUT2D eigenvalue weighted by Crippen LogP contribution is -2.62. The Morgan fingerprint density at radius 1 is 0.882 bits per heavy atom. The van der Waals surface area contributed by atoms with Crippen molar-refractivity contribution < 1.29 is 28.8 Å². The number of hydrazine groups is 1. The molecule has 51 heavy (non-hydrogen) atoms. The third kappa shape index (κ3) is 10.7. The molecule has 0 aromatic heterocycles. The SMILES string of the molecule is C[C@H](NC(=O)N(CC1CC1)NC(=O)[C@@H]1CCCN1C(=O)[C@@H](NC(=O)N[C@H](CN1C(=O)CC(C)(C)CC1=O)C(C)(C)C)C(C)(C)C)c1ccccc1. The summed E-state index contributed by atoms with van der Waals surface area (Å²) in [6, 6.07) is 5.84. The van der Waals surface area contributed by atoms with Crippen molar-refractivity contribution in [3.63, 3.8) is 0 Å². The summed E-state index contributed by atoms with van der Waals surface area (Å²) in [5.41, 5.74) is 2.08. The molecule has 0 spiro atoms. The van der Waals surface area contributed by atoms with Gasteiger partial charge in [0.1, 0.15) is 12.1 Å². The molecule has 4 rings (SSSR count). The second-order valence-corrected chi connectivity index (χ2v) is 17.6. The van der Waals surface area contributed by atoms with Gasteiger partial charge in [0.15, 0.2) is 0 Å². The average Bonchev–Trinajstić information content (AvgIpc) is 3.70. The van der Waals surface area contributed by atoms with E-state index in [0.717, 1.165) is 18.4 Å². The molecule has 13 nitrogen and oxygen atoms in total. The van der Waals surface area contributed by atoms with Gasteiger partial charge in [-0.15, -0.1) is 0 Å². The van der Waals surface area contributed by atoms with Crippen LogP contribution in [-0.4, -0.2) is 88.3 Å². The number of nitrogens with zero attached hydrogens (tertiary/aromatic N) is 3. The van der Waals surface area contributed by atoms with Crippen LogP contribution in [-0.2, 0) is 19.2 Å². The quantitative estimate of drug-likeness (QED) is 0.207. The normalized spacial score (nSPS) is 21.0. The Hall–Kier alpha value is -4.16. The summed E-state index contributed by atoms with van der Waals surface area (Å²) in [6.07, 6.45) is 3.43. The van der Waals surface area contributed by atoms with Crippen LogP contribution >= 0.6 is 0 Å². The molecule has 4 N–H and O–H groups in total. The molecule has 1 saturated carbocycles. The highest BCUT2D eigenvalue weighted by molar-refractivity contribution is 5.98. The van der Waals surface area contributed by atoms with E-state index in [1.54, 1.807) is 0 Å². The summed E-state index contributed by atoms with van der Waals surface area (Å²) in [5, 5.41) is 10.1. The third-order valence-electron chi connectivity index (χ3n) is 10.1. The van der Waals surface area contributed by atoms with Gasteiger partial charge >= 0.3 is 12.1 Å². The molecule has 3 fully saturated rings. The number of likely N-dealkylation sites (tertiary alicyclic amines) is 2. The maximum atomic E-state index is 14.2. The van der Waals surface area contributed by atoms with Crippen molar-refractivity contribution in [2.75, 3.05) is 19.6 Å². The molecular formula is C38H59N7O6. The van der Waals surface area contributed by atoms with Gasteiger partial charge in [-0.1, -0.05) is 85.7 Å². The summed E-state index contributed by atoms with van der Waals surface area (Å²) in [4.78, 5) is 83.6. The van der Waals surface area contributed by atoms with Gasteiger partial charge in [-0.3, -0.25) is 29.5 Å². The molecule has 2 aliphatic heterocycles. The van der Waals surface area contributed by atoms with Crippen LogP contribution in [0.15, 0.2) is 30.3 Å². The fraction of sp³-hybridized carbons (Fsp3) is 0.684. The number of nitrogens with one attached hydrogen (secondary N) is 4. The number of carbonyl (C=O) groups excluding carboxylic acids is 6. The van der Waals surface area contributed by atoms with Crippen molar-refractivity contribution in [3.05, 3.63) is 35.9 Å². The van der Waals surface area contributed by atoms with E-state index in [0.29, 0.717) is 31.8 Å². The van der Waals surface area contributed by atoms with Crippen LogP contribution in [0, 0.1) is 22.2 Å². The highest BCUT2D eigenvalue weighted by Gasteiger charge is 2.44. The monoisotopic (exact) mass is 709 g/mol. The Morgan fingerprint density at radius 2 is 1.49 bits per heavy atom. The Balaban J connectivity index is 1.44. The van der Waals surface area contributed by atoms with Crippen molar-refractivity contribution in [2.24, 2.45) is 22.2 Å². The summed E-state index contributed by atoms with van der Waals surface area (Å²) in [5.74, 6) is -1.09. The topological polar surface area (TPSA) is 160 Å². The van der Waals surface area contributed by atoms with Crippen molar-refractivity contribution in [2.45, 2.75) is 125 Å². The molecule has 0 bridgehead atoms. The molecule has 0 unspecified atom stereocenters. The van der Waals surface area contributed by atoms with Gasteiger partial charge in [-0.05, 0) is 60.3 Å². The lowest BCUT2D eigenvalue weighted by atomic mass is 9.80. The van der Waals surface area contributed by atoms with Crippen molar-refractivity contribution in [1.29, 1.82) is 0 Å². The van der Waals surface area contributed by atoms with E-state index in [4.69, 9.17) is 0 Å².